The van der Waals surface area contributed by atoms with Crippen LogP contribution in [0.25, 0.3) is 11.0 Å². The molecule has 0 bridgehead atoms. The molecule has 1 aromatic carbocycles. The number of nitrogen functional groups attached to an aromatic ring is 1. The van der Waals surface area contributed by atoms with Crippen LogP contribution in [0.15, 0.2) is 30.6 Å². The van der Waals surface area contributed by atoms with Gasteiger partial charge in [-0.1, -0.05) is 19.1 Å². The lowest BCUT2D eigenvalue weighted by Crippen LogP contribution is -2.40. The fraction of sp³-hybridized carbons (Fsp3) is 0.515. The highest BCUT2D eigenvalue weighted by Crippen LogP contribution is 2.30. The standard InChI is InChI=1S/C30H43N9O2.C3H7NO/c1-5-22-12-13-24(21(3)20(22)2)35-30(41)27-26-28(32)33-19-34-29(26)39(36-27)23-10-8-17-38(18-23)25(40)11-9-16-37(4)15-7-6-14-31;1-4(2)3-5/h9,11-13,19,23H,5-8,10,14-18,31H2,1-4H3,(H,35,41)(H2,32,33,34);3H,1-2H3/b11-9+;. The number of unbranched alkanes of at least 4 members (excludes halogenated alkanes) is 1. The summed E-state index contributed by atoms with van der Waals surface area (Å²) in [4.78, 5) is 50.0. The van der Waals surface area contributed by atoms with Crippen LogP contribution >= 0.6 is 0 Å². The van der Waals surface area contributed by atoms with Gasteiger partial charge in [-0.3, -0.25) is 14.4 Å². The van der Waals surface area contributed by atoms with Crippen molar-refractivity contribution in [1.82, 2.24) is 34.4 Å². The van der Waals surface area contributed by atoms with E-state index in [1.165, 1.54) is 16.8 Å². The van der Waals surface area contributed by atoms with Gasteiger partial charge in [0, 0.05) is 45.5 Å². The lowest BCUT2D eigenvalue weighted by atomic mass is 10.00. The van der Waals surface area contributed by atoms with Gasteiger partial charge in [0.2, 0.25) is 12.3 Å². The molecule has 1 aliphatic rings. The van der Waals surface area contributed by atoms with E-state index >= 15 is 0 Å². The number of piperidine rings is 1. The number of fused-ring (bicyclic) bond motifs is 1. The van der Waals surface area contributed by atoms with Crippen molar-refractivity contribution in [2.75, 3.05) is 64.9 Å². The van der Waals surface area contributed by atoms with Crippen molar-refractivity contribution in [2.45, 2.75) is 58.9 Å². The number of aryl methyl sites for hydroxylation is 1. The van der Waals surface area contributed by atoms with E-state index in [0.717, 1.165) is 61.9 Å². The van der Waals surface area contributed by atoms with Crippen molar-refractivity contribution in [2.24, 2.45) is 5.73 Å². The van der Waals surface area contributed by atoms with Crippen LogP contribution in [0, 0.1) is 13.8 Å². The Kier molecular flexibility index (Phi) is 13.6. The van der Waals surface area contributed by atoms with Gasteiger partial charge < -0.3 is 31.5 Å². The second-order valence-corrected chi connectivity index (χ2v) is 11.9. The van der Waals surface area contributed by atoms with Gasteiger partial charge in [0.05, 0.1) is 11.4 Å². The number of carbonyl (C=O) groups excluding carboxylic acids is 3. The number of rotatable bonds is 12. The Hall–Kier alpha value is -4.36. The minimum atomic E-state index is -0.371. The molecular weight excluding hydrogens is 584 g/mol. The number of amides is 3. The summed E-state index contributed by atoms with van der Waals surface area (Å²) >= 11 is 0. The quantitative estimate of drug-likeness (QED) is 0.154. The fourth-order valence-electron chi connectivity index (χ4n) is 5.40. The zero-order valence-corrected chi connectivity index (χ0v) is 28.1. The molecule has 1 aliphatic heterocycles. The lowest BCUT2D eigenvalue weighted by Gasteiger charge is -2.32. The molecule has 3 heterocycles. The summed E-state index contributed by atoms with van der Waals surface area (Å²) in [5.74, 6) is -0.206. The number of benzene rings is 1. The number of nitrogens with two attached hydrogens (primary N) is 2. The molecule has 13 nitrogen and oxygen atoms in total. The topological polar surface area (TPSA) is 169 Å². The Morgan fingerprint density at radius 3 is 2.54 bits per heavy atom. The Labute approximate surface area is 272 Å². The molecule has 1 unspecified atom stereocenters. The van der Waals surface area contributed by atoms with Crippen molar-refractivity contribution < 1.29 is 14.4 Å². The van der Waals surface area contributed by atoms with Gasteiger partial charge in [0.25, 0.3) is 5.91 Å². The van der Waals surface area contributed by atoms with E-state index < -0.39 is 0 Å². The van der Waals surface area contributed by atoms with E-state index in [-0.39, 0.29) is 29.4 Å². The smallest absolute Gasteiger partial charge is 0.277 e. The second-order valence-electron chi connectivity index (χ2n) is 11.9. The van der Waals surface area contributed by atoms with Crippen molar-refractivity contribution in [3.8, 4) is 0 Å². The Balaban J connectivity index is 0.00000107. The van der Waals surface area contributed by atoms with E-state index in [4.69, 9.17) is 16.6 Å². The predicted molar refractivity (Wildman–Crippen MR) is 183 cm³/mol. The third-order valence-electron chi connectivity index (χ3n) is 8.20. The third-order valence-corrected chi connectivity index (χ3v) is 8.20. The Morgan fingerprint density at radius 1 is 1.13 bits per heavy atom. The third kappa shape index (κ3) is 9.33. The first-order valence-corrected chi connectivity index (χ1v) is 15.9. The number of anilines is 2. The molecule has 3 aromatic rings. The number of nitrogens with zero attached hydrogens (tertiary/aromatic N) is 7. The summed E-state index contributed by atoms with van der Waals surface area (Å²) in [7, 11) is 5.41. The summed E-state index contributed by atoms with van der Waals surface area (Å²) in [5.41, 5.74) is 16.6. The molecule has 2 aromatic heterocycles. The number of hydrogen-bond acceptors (Lipinski definition) is 9. The van der Waals surface area contributed by atoms with Crippen molar-refractivity contribution >= 4 is 40.8 Å². The van der Waals surface area contributed by atoms with Gasteiger partial charge >= 0.3 is 0 Å². The first kappa shape index (κ1) is 36.1. The van der Waals surface area contributed by atoms with Crippen LogP contribution in [0.4, 0.5) is 11.5 Å². The van der Waals surface area contributed by atoms with Crippen LogP contribution in [0.3, 0.4) is 0 Å². The highest BCUT2D eigenvalue weighted by Gasteiger charge is 2.29. The number of likely N-dealkylation sites (tertiary alicyclic amines) is 1. The van der Waals surface area contributed by atoms with Crippen LogP contribution in [0.2, 0.25) is 0 Å². The van der Waals surface area contributed by atoms with Crippen LogP contribution in [-0.4, -0.2) is 107 Å². The number of aromatic nitrogens is 4. The molecule has 0 aliphatic carbocycles. The number of likely N-dealkylation sites (N-methyl/N-ethyl adjacent to an activating group) is 1. The number of carbonyl (C=O) groups is 3. The molecule has 1 atom stereocenters. The predicted octanol–water partition coefficient (Wildman–Crippen LogP) is 2.93. The molecule has 3 amide bonds. The number of nitrogens with one attached hydrogen (secondary N) is 1. The molecule has 250 valence electrons. The van der Waals surface area contributed by atoms with Crippen LogP contribution in [-0.2, 0) is 16.0 Å². The van der Waals surface area contributed by atoms with Crippen LogP contribution in [0.1, 0.15) is 65.8 Å². The maximum absolute atomic E-state index is 13.5. The molecule has 4 rings (SSSR count). The molecule has 0 spiro atoms. The van der Waals surface area contributed by atoms with E-state index in [0.29, 0.717) is 37.2 Å². The molecule has 0 saturated carbocycles. The largest absolute Gasteiger partial charge is 0.383 e. The van der Waals surface area contributed by atoms with E-state index in [1.54, 1.807) is 24.9 Å². The van der Waals surface area contributed by atoms with Crippen molar-refractivity contribution in [1.29, 1.82) is 0 Å². The zero-order chi connectivity index (χ0) is 33.8. The highest BCUT2D eigenvalue weighted by atomic mass is 16.2. The molecule has 1 fully saturated rings. The van der Waals surface area contributed by atoms with Gasteiger partial charge in [-0.25, -0.2) is 14.6 Å². The minimum Gasteiger partial charge on any atom is -0.383 e. The van der Waals surface area contributed by atoms with Gasteiger partial charge in [-0.2, -0.15) is 5.10 Å². The molecule has 46 heavy (non-hydrogen) atoms. The number of hydrogen-bond donors (Lipinski definition) is 3. The van der Waals surface area contributed by atoms with Crippen LogP contribution < -0.4 is 16.8 Å². The van der Waals surface area contributed by atoms with Gasteiger partial charge in [-0.15, -0.1) is 0 Å². The monoisotopic (exact) mass is 634 g/mol. The Bertz CT molecular complexity index is 1520. The maximum atomic E-state index is 13.5. The zero-order valence-electron chi connectivity index (χ0n) is 28.1. The first-order chi connectivity index (χ1) is 22.0. The minimum absolute atomic E-state index is 0.0324. The SMILES string of the molecule is CCc1ccc(NC(=O)c2nn(C3CCCN(C(=O)/C=C/CN(C)CCCCN)C3)c3ncnc(N)c23)c(C)c1C.CN(C)C=O. The maximum Gasteiger partial charge on any atom is 0.277 e. The second kappa shape index (κ2) is 17.4. The average molecular weight is 635 g/mol. The summed E-state index contributed by atoms with van der Waals surface area (Å²) in [5, 5.41) is 8.16. The Morgan fingerprint density at radius 2 is 1.87 bits per heavy atom. The molecule has 1 saturated heterocycles. The normalized spacial score (nSPS) is 14.8. The van der Waals surface area contributed by atoms with E-state index in [2.05, 4.69) is 34.0 Å². The molecular formula is C33H50N10O3. The van der Waals surface area contributed by atoms with Gasteiger partial charge in [0.15, 0.2) is 11.3 Å². The fourth-order valence-corrected chi connectivity index (χ4v) is 5.40. The molecule has 0 radical (unpaired) electrons. The van der Waals surface area contributed by atoms with Crippen molar-refractivity contribution in [3.63, 3.8) is 0 Å². The summed E-state index contributed by atoms with van der Waals surface area (Å²) < 4.78 is 1.74. The van der Waals surface area contributed by atoms with Crippen molar-refractivity contribution in [3.05, 3.63) is 53.0 Å². The van der Waals surface area contributed by atoms with Gasteiger partial charge in [0.1, 0.15) is 12.1 Å². The first-order valence-electron chi connectivity index (χ1n) is 15.9. The van der Waals surface area contributed by atoms with E-state index in [1.807, 2.05) is 37.1 Å². The van der Waals surface area contributed by atoms with Crippen LogP contribution in [0.5, 0.6) is 0 Å². The van der Waals surface area contributed by atoms with Gasteiger partial charge in [-0.05, 0) is 88.8 Å². The summed E-state index contributed by atoms with van der Waals surface area (Å²) in [6.45, 7) is 9.65. The lowest BCUT2D eigenvalue weighted by molar-refractivity contribution is -0.127. The molecule has 13 heteroatoms. The summed E-state index contributed by atoms with van der Waals surface area (Å²) in [6, 6.07) is 3.81. The average Bonchev–Trinajstić information content (AvgIpc) is 3.45. The van der Waals surface area contributed by atoms with E-state index in [9.17, 15) is 14.4 Å². The molecule has 5 N–H and O–H groups in total. The highest BCUT2D eigenvalue weighted by molar-refractivity contribution is 6.13. The summed E-state index contributed by atoms with van der Waals surface area (Å²) in [6.07, 6.45) is 10.3.